The van der Waals surface area contributed by atoms with E-state index in [4.69, 9.17) is 4.74 Å². The van der Waals surface area contributed by atoms with Crippen molar-refractivity contribution in [1.29, 1.82) is 0 Å². The van der Waals surface area contributed by atoms with Gasteiger partial charge in [0.25, 0.3) is 5.91 Å². The van der Waals surface area contributed by atoms with E-state index in [1.165, 1.54) is 0 Å². The topological polar surface area (TPSA) is 94.7 Å². The minimum Gasteiger partial charge on any atom is -0.484 e. The van der Waals surface area contributed by atoms with Gasteiger partial charge in [-0.1, -0.05) is 12.1 Å². The molecular weight excluding hydrogens is 360 g/mol. The van der Waals surface area contributed by atoms with Crippen LogP contribution in [-0.2, 0) is 16.0 Å². The molecule has 1 aliphatic rings. The van der Waals surface area contributed by atoms with Crippen molar-refractivity contribution >= 4 is 17.5 Å². The van der Waals surface area contributed by atoms with E-state index >= 15 is 0 Å². The number of aromatic amines is 1. The van der Waals surface area contributed by atoms with E-state index in [1.807, 2.05) is 23.1 Å². The predicted octanol–water partition coefficient (Wildman–Crippen LogP) is 0.391. The molecule has 0 unspecified atom stereocenters. The van der Waals surface area contributed by atoms with E-state index in [-0.39, 0.29) is 30.4 Å². The van der Waals surface area contributed by atoms with Gasteiger partial charge in [0.15, 0.2) is 6.61 Å². The van der Waals surface area contributed by atoms with Gasteiger partial charge in [0.05, 0.1) is 6.42 Å². The SMILES string of the molecule is CNC(=O)COc1cccc(CC(=O)N2CCN(c3cc[nH]c(=O)c3)CC2)c1. The van der Waals surface area contributed by atoms with Gasteiger partial charge >= 0.3 is 0 Å². The van der Waals surface area contributed by atoms with Gasteiger partial charge in [-0.15, -0.1) is 0 Å². The number of H-pyrrole nitrogens is 1. The standard InChI is InChI=1S/C20H24N4O4/c1-21-19(26)14-28-17-4-2-3-15(11-17)12-20(27)24-9-7-23(8-10-24)16-5-6-22-18(25)13-16/h2-6,11,13H,7-10,12,14H2,1H3,(H,21,26)(H,22,25). The van der Waals surface area contributed by atoms with E-state index in [0.29, 0.717) is 31.9 Å². The van der Waals surface area contributed by atoms with E-state index in [1.54, 1.807) is 31.4 Å². The lowest BCUT2D eigenvalue weighted by Crippen LogP contribution is -2.49. The number of nitrogens with zero attached hydrogens (tertiary/aromatic N) is 2. The maximum atomic E-state index is 12.6. The van der Waals surface area contributed by atoms with E-state index in [2.05, 4.69) is 15.2 Å². The molecular formula is C20H24N4O4. The number of hydrogen-bond acceptors (Lipinski definition) is 5. The lowest BCUT2D eigenvalue weighted by molar-refractivity contribution is -0.130. The summed E-state index contributed by atoms with van der Waals surface area (Å²) >= 11 is 0. The molecule has 0 radical (unpaired) electrons. The average molecular weight is 384 g/mol. The van der Waals surface area contributed by atoms with Crippen LogP contribution in [0.1, 0.15) is 5.56 Å². The second kappa shape index (κ2) is 9.07. The third-order valence-corrected chi connectivity index (χ3v) is 4.66. The van der Waals surface area contributed by atoms with Crippen LogP contribution in [-0.4, -0.2) is 61.5 Å². The predicted molar refractivity (Wildman–Crippen MR) is 106 cm³/mol. The minimum absolute atomic E-state index is 0.0500. The van der Waals surface area contributed by atoms with Crippen LogP contribution in [0.15, 0.2) is 47.4 Å². The first-order chi connectivity index (χ1) is 13.5. The monoisotopic (exact) mass is 384 g/mol. The van der Waals surface area contributed by atoms with Crippen molar-refractivity contribution in [3.63, 3.8) is 0 Å². The second-order valence-corrected chi connectivity index (χ2v) is 6.56. The number of carbonyl (C=O) groups excluding carboxylic acids is 2. The molecule has 0 saturated carbocycles. The first-order valence-corrected chi connectivity index (χ1v) is 9.19. The number of benzene rings is 1. The van der Waals surface area contributed by atoms with Gasteiger partial charge < -0.3 is 24.8 Å². The Bertz CT molecular complexity index is 888. The molecule has 0 atom stereocenters. The zero-order chi connectivity index (χ0) is 19.9. The van der Waals surface area contributed by atoms with Crippen LogP contribution in [0.4, 0.5) is 5.69 Å². The van der Waals surface area contributed by atoms with Crippen molar-refractivity contribution in [3.8, 4) is 5.75 Å². The fourth-order valence-corrected chi connectivity index (χ4v) is 3.10. The highest BCUT2D eigenvalue weighted by Gasteiger charge is 2.21. The third-order valence-electron chi connectivity index (χ3n) is 4.66. The highest BCUT2D eigenvalue weighted by molar-refractivity contribution is 5.79. The van der Waals surface area contributed by atoms with Gasteiger partial charge in [0.2, 0.25) is 11.5 Å². The quantitative estimate of drug-likeness (QED) is 0.751. The van der Waals surface area contributed by atoms with Crippen molar-refractivity contribution in [1.82, 2.24) is 15.2 Å². The summed E-state index contributed by atoms with van der Waals surface area (Å²) in [6.45, 7) is 2.53. The highest BCUT2D eigenvalue weighted by Crippen LogP contribution is 2.17. The molecule has 1 aromatic carbocycles. The molecule has 28 heavy (non-hydrogen) atoms. The highest BCUT2D eigenvalue weighted by atomic mass is 16.5. The van der Waals surface area contributed by atoms with Crippen molar-refractivity contribution in [3.05, 3.63) is 58.5 Å². The maximum Gasteiger partial charge on any atom is 0.257 e. The molecule has 8 heteroatoms. The Morgan fingerprint density at radius 2 is 1.93 bits per heavy atom. The molecule has 8 nitrogen and oxygen atoms in total. The van der Waals surface area contributed by atoms with Gasteiger partial charge in [-0.2, -0.15) is 0 Å². The van der Waals surface area contributed by atoms with Crippen molar-refractivity contribution in [2.45, 2.75) is 6.42 Å². The number of rotatable bonds is 6. The summed E-state index contributed by atoms with van der Waals surface area (Å²) in [4.78, 5) is 41.9. The largest absolute Gasteiger partial charge is 0.484 e. The summed E-state index contributed by atoms with van der Waals surface area (Å²) in [6.07, 6.45) is 1.91. The molecule has 1 saturated heterocycles. The molecule has 1 aliphatic heterocycles. The van der Waals surface area contributed by atoms with E-state index in [0.717, 1.165) is 11.3 Å². The first-order valence-electron chi connectivity index (χ1n) is 9.19. The molecule has 2 N–H and O–H groups in total. The van der Waals surface area contributed by atoms with Crippen molar-refractivity contribution < 1.29 is 14.3 Å². The molecule has 0 aliphatic carbocycles. The Morgan fingerprint density at radius 3 is 2.64 bits per heavy atom. The van der Waals surface area contributed by atoms with Crippen molar-refractivity contribution in [2.24, 2.45) is 0 Å². The fraction of sp³-hybridized carbons (Fsp3) is 0.350. The zero-order valence-electron chi connectivity index (χ0n) is 15.8. The first kappa shape index (κ1) is 19.5. The molecule has 148 valence electrons. The van der Waals surface area contributed by atoms with E-state index < -0.39 is 0 Å². The second-order valence-electron chi connectivity index (χ2n) is 6.56. The molecule has 2 amide bonds. The Labute approximate surface area is 163 Å². The van der Waals surface area contributed by atoms with Gasteiger partial charge in [-0.3, -0.25) is 14.4 Å². The van der Waals surface area contributed by atoms with Crippen LogP contribution in [0.5, 0.6) is 5.75 Å². The molecule has 0 bridgehead atoms. The summed E-state index contributed by atoms with van der Waals surface area (Å²) < 4.78 is 5.43. The Balaban J connectivity index is 1.53. The van der Waals surface area contributed by atoms with Crippen LogP contribution in [0.2, 0.25) is 0 Å². The third kappa shape index (κ3) is 5.12. The lowest BCUT2D eigenvalue weighted by atomic mass is 10.1. The number of hydrogen-bond donors (Lipinski definition) is 2. The molecule has 1 aromatic heterocycles. The number of carbonyl (C=O) groups is 2. The van der Waals surface area contributed by atoms with Crippen LogP contribution < -0.4 is 20.5 Å². The van der Waals surface area contributed by atoms with Crippen molar-refractivity contribution in [2.75, 3.05) is 44.7 Å². The van der Waals surface area contributed by atoms with Gasteiger partial charge in [0, 0.05) is 51.2 Å². The number of likely N-dealkylation sites (N-methyl/N-ethyl adjacent to an activating group) is 1. The summed E-state index contributed by atoms with van der Waals surface area (Å²) in [5.41, 5.74) is 1.59. The number of ether oxygens (including phenoxy) is 1. The summed E-state index contributed by atoms with van der Waals surface area (Å²) in [5.74, 6) is 0.404. The molecule has 0 spiro atoms. The minimum atomic E-state index is -0.209. The molecule has 2 aromatic rings. The summed E-state index contributed by atoms with van der Waals surface area (Å²) in [7, 11) is 1.55. The zero-order valence-corrected chi connectivity index (χ0v) is 15.8. The number of pyridine rings is 1. The van der Waals surface area contributed by atoms with Gasteiger partial charge in [0.1, 0.15) is 5.75 Å². The smallest absolute Gasteiger partial charge is 0.257 e. The van der Waals surface area contributed by atoms with Crippen LogP contribution in [0, 0.1) is 0 Å². The lowest BCUT2D eigenvalue weighted by Gasteiger charge is -2.36. The number of anilines is 1. The summed E-state index contributed by atoms with van der Waals surface area (Å²) in [6, 6.07) is 10.7. The molecule has 3 rings (SSSR count). The number of piperazine rings is 1. The van der Waals surface area contributed by atoms with Crippen LogP contribution in [0.3, 0.4) is 0 Å². The van der Waals surface area contributed by atoms with Crippen LogP contribution >= 0.6 is 0 Å². The van der Waals surface area contributed by atoms with Crippen LogP contribution in [0.25, 0.3) is 0 Å². The Hall–Kier alpha value is -3.29. The number of nitrogens with one attached hydrogen (secondary N) is 2. The van der Waals surface area contributed by atoms with Gasteiger partial charge in [-0.25, -0.2) is 0 Å². The molecule has 1 fully saturated rings. The Kier molecular flexibility index (Phi) is 6.31. The number of aromatic nitrogens is 1. The number of amides is 2. The fourth-order valence-electron chi connectivity index (χ4n) is 3.10. The normalized spacial score (nSPS) is 13.9. The molecule has 2 heterocycles. The summed E-state index contributed by atoms with van der Waals surface area (Å²) in [5, 5.41) is 2.50. The van der Waals surface area contributed by atoms with E-state index in [9.17, 15) is 14.4 Å². The maximum absolute atomic E-state index is 12.6. The average Bonchev–Trinajstić information content (AvgIpc) is 2.72. The van der Waals surface area contributed by atoms with Gasteiger partial charge in [-0.05, 0) is 23.8 Å². The Morgan fingerprint density at radius 1 is 1.14 bits per heavy atom.